The Hall–Kier alpha value is -1.79. The highest BCUT2D eigenvalue weighted by Gasteiger charge is 2.34. The van der Waals surface area contributed by atoms with Crippen molar-refractivity contribution in [3.63, 3.8) is 0 Å². The van der Waals surface area contributed by atoms with Crippen LogP contribution in [0.25, 0.3) is 0 Å². The lowest BCUT2D eigenvalue weighted by molar-refractivity contribution is -0.133. The van der Waals surface area contributed by atoms with Crippen LogP contribution in [-0.2, 0) is 4.79 Å². The largest absolute Gasteiger partial charge is 0.368 e. The number of piperazine rings is 1. The molecule has 0 aromatic heterocycles. The number of halogens is 2. The maximum atomic E-state index is 12.9. The third-order valence-electron chi connectivity index (χ3n) is 5.25. The molecule has 142 valence electrons. The normalized spacial score (nSPS) is 22.9. The Balaban J connectivity index is 1.34. The van der Waals surface area contributed by atoms with E-state index in [1.807, 2.05) is 47.4 Å². The van der Waals surface area contributed by atoms with Crippen molar-refractivity contribution < 1.29 is 4.79 Å². The van der Waals surface area contributed by atoms with E-state index in [2.05, 4.69) is 21.8 Å². The first-order chi connectivity index (χ1) is 13.1. The predicted molar refractivity (Wildman–Crippen MR) is 109 cm³/mol. The molecule has 2 aliphatic rings. The summed E-state index contributed by atoms with van der Waals surface area (Å²) < 4.78 is 0. The maximum absolute atomic E-state index is 12.9. The van der Waals surface area contributed by atoms with E-state index in [1.165, 1.54) is 0 Å². The lowest BCUT2D eigenvalue weighted by Gasteiger charge is -2.37. The van der Waals surface area contributed by atoms with Crippen LogP contribution in [0.5, 0.6) is 0 Å². The summed E-state index contributed by atoms with van der Waals surface area (Å²) >= 11 is 12.4. The maximum Gasteiger partial charge on any atom is 0.241 e. The third-order valence-corrected chi connectivity index (χ3v) is 5.83. The molecule has 2 unspecified atom stereocenters. The molecule has 0 bridgehead atoms. The van der Waals surface area contributed by atoms with Crippen molar-refractivity contribution in [3.05, 3.63) is 64.1 Å². The zero-order valence-corrected chi connectivity index (χ0v) is 16.4. The number of nitrogens with one attached hydrogen (secondary N) is 2. The zero-order chi connectivity index (χ0) is 18.8. The number of benzene rings is 2. The van der Waals surface area contributed by atoms with E-state index in [0.717, 1.165) is 34.4 Å². The van der Waals surface area contributed by atoms with Gasteiger partial charge in [0.05, 0.1) is 0 Å². The number of anilines is 1. The molecule has 0 radical (unpaired) electrons. The van der Waals surface area contributed by atoms with Crippen LogP contribution in [0.2, 0.25) is 10.0 Å². The molecule has 27 heavy (non-hydrogen) atoms. The van der Waals surface area contributed by atoms with Gasteiger partial charge in [0, 0.05) is 48.0 Å². The lowest BCUT2D eigenvalue weighted by atomic mass is 10.0. The van der Waals surface area contributed by atoms with E-state index < -0.39 is 0 Å². The Bertz CT molecular complexity index is 823. The second kappa shape index (κ2) is 8.07. The van der Waals surface area contributed by atoms with Gasteiger partial charge in [-0.2, -0.15) is 0 Å². The topological polar surface area (TPSA) is 47.6 Å². The van der Waals surface area contributed by atoms with Crippen LogP contribution in [0, 0.1) is 0 Å². The van der Waals surface area contributed by atoms with Gasteiger partial charge >= 0.3 is 0 Å². The number of hydrazine groups is 1. The van der Waals surface area contributed by atoms with E-state index in [1.54, 1.807) is 0 Å². The van der Waals surface area contributed by atoms with E-state index in [0.29, 0.717) is 19.5 Å². The number of nitrogens with zero attached hydrogens (tertiary/aromatic N) is 2. The molecule has 7 heteroatoms. The summed E-state index contributed by atoms with van der Waals surface area (Å²) in [6.45, 7) is 3.03. The SMILES string of the molecule is O=C(C1CC(c2ccccc2Cl)NN1)N1CCN(c2cccc(Cl)c2)CC1. The molecule has 2 heterocycles. The average molecular weight is 405 g/mol. The highest BCUT2D eigenvalue weighted by atomic mass is 35.5. The van der Waals surface area contributed by atoms with Gasteiger partial charge in [-0.05, 0) is 36.2 Å². The molecule has 2 saturated heterocycles. The first-order valence-corrected chi connectivity index (χ1v) is 9.92. The molecular weight excluding hydrogens is 383 g/mol. The molecule has 2 aromatic carbocycles. The van der Waals surface area contributed by atoms with Crippen molar-refractivity contribution in [1.29, 1.82) is 0 Å². The summed E-state index contributed by atoms with van der Waals surface area (Å²) in [6, 6.07) is 15.4. The van der Waals surface area contributed by atoms with Crippen molar-refractivity contribution in [2.45, 2.75) is 18.5 Å². The fourth-order valence-corrected chi connectivity index (χ4v) is 4.21. The Labute approximate surface area is 169 Å². The summed E-state index contributed by atoms with van der Waals surface area (Å²) in [5.41, 5.74) is 8.49. The Morgan fingerprint density at radius 2 is 1.74 bits per heavy atom. The highest BCUT2D eigenvalue weighted by Crippen LogP contribution is 2.29. The molecule has 2 N–H and O–H groups in total. The average Bonchev–Trinajstić information content (AvgIpc) is 3.18. The highest BCUT2D eigenvalue weighted by molar-refractivity contribution is 6.31. The molecule has 0 aliphatic carbocycles. The predicted octanol–water partition coefficient (Wildman–Crippen LogP) is 3.25. The van der Waals surface area contributed by atoms with Crippen LogP contribution < -0.4 is 15.8 Å². The Morgan fingerprint density at radius 3 is 2.48 bits per heavy atom. The number of hydrogen-bond acceptors (Lipinski definition) is 4. The van der Waals surface area contributed by atoms with Gasteiger partial charge in [-0.25, -0.2) is 10.9 Å². The number of amides is 1. The molecule has 4 rings (SSSR count). The van der Waals surface area contributed by atoms with Gasteiger partial charge in [-0.1, -0.05) is 47.5 Å². The van der Waals surface area contributed by atoms with Crippen LogP contribution in [0.1, 0.15) is 18.0 Å². The van der Waals surface area contributed by atoms with Gasteiger partial charge in [-0.15, -0.1) is 0 Å². The van der Waals surface area contributed by atoms with Gasteiger partial charge in [0.2, 0.25) is 5.91 Å². The van der Waals surface area contributed by atoms with Crippen LogP contribution in [0.15, 0.2) is 48.5 Å². The summed E-state index contributed by atoms with van der Waals surface area (Å²) in [6.07, 6.45) is 0.692. The van der Waals surface area contributed by atoms with E-state index in [4.69, 9.17) is 23.2 Å². The molecule has 0 spiro atoms. The summed E-state index contributed by atoms with van der Waals surface area (Å²) in [4.78, 5) is 17.1. The molecule has 2 aromatic rings. The Morgan fingerprint density at radius 1 is 0.963 bits per heavy atom. The summed E-state index contributed by atoms with van der Waals surface area (Å²) in [7, 11) is 0. The molecule has 2 fully saturated rings. The monoisotopic (exact) mass is 404 g/mol. The molecule has 1 amide bonds. The van der Waals surface area contributed by atoms with Gasteiger partial charge in [0.25, 0.3) is 0 Å². The lowest BCUT2D eigenvalue weighted by Crippen LogP contribution is -2.53. The Kier molecular flexibility index (Phi) is 5.55. The minimum Gasteiger partial charge on any atom is -0.368 e. The van der Waals surface area contributed by atoms with Crippen molar-refractivity contribution in [2.75, 3.05) is 31.1 Å². The summed E-state index contributed by atoms with van der Waals surface area (Å²) in [5.74, 6) is 0.141. The molecule has 2 aliphatic heterocycles. The third kappa shape index (κ3) is 4.06. The minimum atomic E-state index is -0.232. The zero-order valence-electron chi connectivity index (χ0n) is 14.9. The van der Waals surface area contributed by atoms with Crippen molar-refractivity contribution in [1.82, 2.24) is 15.8 Å². The second-order valence-electron chi connectivity index (χ2n) is 6.94. The van der Waals surface area contributed by atoms with Gasteiger partial charge in [0.1, 0.15) is 6.04 Å². The van der Waals surface area contributed by atoms with Crippen LogP contribution in [0.3, 0.4) is 0 Å². The minimum absolute atomic E-state index is 0.0420. The second-order valence-corrected chi connectivity index (χ2v) is 7.79. The number of rotatable bonds is 3. The molecule has 5 nitrogen and oxygen atoms in total. The molecular formula is C20H22Cl2N4O. The first-order valence-electron chi connectivity index (χ1n) is 9.16. The van der Waals surface area contributed by atoms with Crippen molar-refractivity contribution in [2.24, 2.45) is 0 Å². The standard InChI is InChI=1S/C20H22Cl2N4O/c21-14-4-3-5-15(12-14)25-8-10-26(11-9-25)20(27)19-13-18(23-24-19)16-6-1-2-7-17(16)22/h1-7,12,18-19,23-24H,8-11,13H2. The quantitative estimate of drug-likeness (QED) is 0.823. The molecule has 2 atom stereocenters. The van der Waals surface area contributed by atoms with E-state index >= 15 is 0 Å². The van der Waals surface area contributed by atoms with E-state index in [-0.39, 0.29) is 18.0 Å². The van der Waals surface area contributed by atoms with Gasteiger partial charge in [-0.3, -0.25) is 4.79 Å². The van der Waals surface area contributed by atoms with Crippen molar-refractivity contribution in [3.8, 4) is 0 Å². The fourth-order valence-electron chi connectivity index (χ4n) is 3.76. The van der Waals surface area contributed by atoms with Crippen LogP contribution in [-0.4, -0.2) is 43.0 Å². The number of carbonyl (C=O) groups excluding carboxylic acids is 1. The fraction of sp³-hybridized carbons (Fsp3) is 0.350. The first kappa shape index (κ1) is 18.6. The van der Waals surface area contributed by atoms with Gasteiger partial charge < -0.3 is 9.80 Å². The van der Waals surface area contributed by atoms with Crippen LogP contribution in [0.4, 0.5) is 5.69 Å². The molecule has 0 saturated carbocycles. The number of hydrogen-bond donors (Lipinski definition) is 2. The smallest absolute Gasteiger partial charge is 0.241 e. The van der Waals surface area contributed by atoms with Crippen LogP contribution >= 0.6 is 23.2 Å². The van der Waals surface area contributed by atoms with Crippen molar-refractivity contribution >= 4 is 34.8 Å². The van der Waals surface area contributed by atoms with Gasteiger partial charge in [0.15, 0.2) is 0 Å². The number of carbonyl (C=O) groups is 1. The summed E-state index contributed by atoms with van der Waals surface area (Å²) in [5, 5.41) is 1.46. The van der Waals surface area contributed by atoms with E-state index in [9.17, 15) is 4.79 Å².